The van der Waals surface area contributed by atoms with E-state index in [1.807, 2.05) is 20.8 Å². The second-order valence-electron chi connectivity index (χ2n) is 7.69. The van der Waals surface area contributed by atoms with E-state index in [-0.39, 0.29) is 23.7 Å². The van der Waals surface area contributed by atoms with Gasteiger partial charge in [-0.3, -0.25) is 4.79 Å². The molecule has 1 N–H and O–H groups in total. The number of carbonyl (C=O) groups is 1. The minimum atomic E-state index is -0.369. The number of hydrogen-bond donors (Lipinski definition) is 1. The zero-order valence-electron chi connectivity index (χ0n) is 17.1. The lowest BCUT2D eigenvalue weighted by atomic mass is 9.92. The zero-order chi connectivity index (χ0) is 20.5. The van der Waals surface area contributed by atoms with Crippen molar-refractivity contribution in [3.63, 3.8) is 0 Å². The Kier molecular flexibility index (Phi) is 5.65. The molecule has 1 aliphatic heterocycles. The molecule has 0 atom stereocenters. The van der Waals surface area contributed by atoms with Crippen LogP contribution in [0.5, 0.6) is 11.5 Å². The Hall–Kier alpha value is -2.54. The number of ether oxygens (including phenoxy) is 3. The van der Waals surface area contributed by atoms with Gasteiger partial charge in [0.05, 0.1) is 12.0 Å². The minimum Gasteiger partial charge on any atom is -0.487 e. The van der Waals surface area contributed by atoms with Gasteiger partial charge in [0.1, 0.15) is 22.7 Å². The highest BCUT2D eigenvalue weighted by Gasteiger charge is 2.31. The molecule has 2 heterocycles. The van der Waals surface area contributed by atoms with Gasteiger partial charge in [0.2, 0.25) is 0 Å². The largest absolute Gasteiger partial charge is 0.487 e. The van der Waals surface area contributed by atoms with Crippen LogP contribution in [0, 0.1) is 13.8 Å². The fourth-order valence-electron chi connectivity index (χ4n) is 3.33. The van der Waals surface area contributed by atoms with Crippen LogP contribution >= 0.6 is 0 Å². The number of aryl methyl sites for hydroxylation is 2. The molecule has 0 saturated heterocycles. The number of amides is 1. The summed E-state index contributed by atoms with van der Waals surface area (Å²) in [5, 5.41) is 3.43. The maximum Gasteiger partial charge on any atom is 0.339 e. The van der Waals surface area contributed by atoms with Gasteiger partial charge >= 0.3 is 5.63 Å². The third kappa shape index (κ3) is 3.99. The average Bonchev–Trinajstić information content (AvgIpc) is 2.63. The summed E-state index contributed by atoms with van der Waals surface area (Å²) >= 11 is 0. The molecule has 7 heteroatoms. The molecule has 0 radical (unpaired) electrons. The van der Waals surface area contributed by atoms with E-state index < -0.39 is 0 Å². The van der Waals surface area contributed by atoms with E-state index in [2.05, 4.69) is 5.32 Å². The summed E-state index contributed by atoms with van der Waals surface area (Å²) in [6, 6.07) is 1.80. The lowest BCUT2D eigenvalue weighted by Gasteiger charge is -2.33. The summed E-state index contributed by atoms with van der Waals surface area (Å²) < 4.78 is 22.5. The molecule has 0 unspecified atom stereocenters. The van der Waals surface area contributed by atoms with E-state index in [1.165, 1.54) is 0 Å². The second-order valence-corrected chi connectivity index (χ2v) is 7.69. The maximum atomic E-state index is 12.3. The summed E-state index contributed by atoms with van der Waals surface area (Å²) in [5.41, 5.74) is 1.97. The average molecular weight is 389 g/mol. The van der Waals surface area contributed by atoms with Crippen molar-refractivity contribution in [1.82, 2.24) is 5.32 Å². The molecule has 3 rings (SSSR count). The maximum absolute atomic E-state index is 12.3. The van der Waals surface area contributed by atoms with Crippen LogP contribution in [-0.4, -0.2) is 38.4 Å². The molecule has 1 amide bonds. The lowest BCUT2D eigenvalue weighted by molar-refractivity contribution is -0.123. The van der Waals surface area contributed by atoms with E-state index in [0.717, 1.165) is 24.0 Å². The van der Waals surface area contributed by atoms with Crippen molar-refractivity contribution in [1.29, 1.82) is 0 Å². The van der Waals surface area contributed by atoms with Crippen molar-refractivity contribution in [2.45, 2.75) is 46.1 Å². The Balaban J connectivity index is 2.02. The first-order chi connectivity index (χ1) is 13.2. The predicted molar refractivity (Wildman–Crippen MR) is 105 cm³/mol. The number of rotatable bonds is 6. The molecule has 0 spiro atoms. The number of nitrogens with one attached hydrogen (secondary N) is 1. The number of hydrogen-bond acceptors (Lipinski definition) is 6. The number of benzene rings is 1. The Bertz CT molecular complexity index is 960. The van der Waals surface area contributed by atoms with E-state index in [1.54, 1.807) is 20.1 Å². The summed E-state index contributed by atoms with van der Waals surface area (Å²) in [7, 11) is 1.57. The summed E-state index contributed by atoms with van der Waals surface area (Å²) in [4.78, 5) is 24.3. The third-order valence-corrected chi connectivity index (χ3v) is 5.10. The number of fused-ring (bicyclic) bond motifs is 3. The first kappa shape index (κ1) is 20.2. The molecular weight excluding hydrogens is 362 g/mol. The smallest absolute Gasteiger partial charge is 0.339 e. The van der Waals surface area contributed by atoms with Crippen molar-refractivity contribution in [2.24, 2.45) is 0 Å². The molecule has 0 saturated carbocycles. The van der Waals surface area contributed by atoms with Crippen molar-refractivity contribution in [2.75, 3.05) is 26.9 Å². The predicted octanol–water partition coefficient (Wildman–Crippen LogP) is 2.65. The molecule has 1 aromatic carbocycles. The van der Waals surface area contributed by atoms with Crippen LogP contribution in [0.1, 0.15) is 37.0 Å². The summed E-state index contributed by atoms with van der Waals surface area (Å²) in [6.45, 7) is 8.30. The zero-order valence-corrected chi connectivity index (χ0v) is 17.1. The Labute approximate surface area is 164 Å². The topological polar surface area (TPSA) is 87.0 Å². The third-order valence-electron chi connectivity index (χ3n) is 5.10. The molecule has 2 aromatic rings. The van der Waals surface area contributed by atoms with Crippen LogP contribution < -0.4 is 20.4 Å². The standard InChI is InChI=1S/C21H27NO6/c1-12-13(2)20(24)27-19-14-6-7-21(3,4)28-15(14)10-16(18(12)19)26-11-17(23)22-8-9-25-5/h10H,6-9,11H2,1-5H3,(H,22,23). The molecule has 1 aliphatic rings. The van der Waals surface area contributed by atoms with Crippen molar-refractivity contribution < 1.29 is 23.4 Å². The minimum absolute atomic E-state index is 0.154. The molecule has 1 aromatic heterocycles. The van der Waals surface area contributed by atoms with Crippen LogP contribution in [0.4, 0.5) is 0 Å². The first-order valence-corrected chi connectivity index (χ1v) is 9.41. The highest BCUT2D eigenvalue weighted by molar-refractivity contribution is 5.92. The first-order valence-electron chi connectivity index (χ1n) is 9.41. The Morgan fingerprint density at radius 3 is 2.75 bits per heavy atom. The van der Waals surface area contributed by atoms with Crippen LogP contribution in [-0.2, 0) is 16.0 Å². The van der Waals surface area contributed by atoms with Gasteiger partial charge in [-0.25, -0.2) is 4.79 Å². The van der Waals surface area contributed by atoms with E-state index >= 15 is 0 Å². The van der Waals surface area contributed by atoms with Crippen molar-refractivity contribution in [3.8, 4) is 11.5 Å². The van der Waals surface area contributed by atoms with Gasteiger partial charge in [0.25, 0.3) is 5.91 Å². The fraction of sp³-hybridized carbons (Fsp3) is 0.524. The number of carbonyl (C=O) groups excluding carboxylic acids is 1. The summed E-state index contributed by atoms with van der Waals surface area (Å²) in [5.74, 6) is 0.846. The van der Waals surface area contributed by atoms with Crippen LogP contribution in [0.2, 0.25) is 0 Å². The van der Waals surface area contributed by atoms with Crippen LogP contribution in [0.3, 0.4) is 0 Å². The molecule has 28 heavy (non-hydrogen) atoms. The van der Waals surface area contributed by atoms with E-state index in [0.29, 0.717) is 41.2 Å². The molecule has 7 nitrogen and oxygen atoms in total. The van der Waals surface area contributed by atoms with Gasteiger partial charge in [0, 0.05) is 30.8 Å². The molecular formula is C21H27NO6. The van der Waals surface area contributed by atoms with Gasteiger partial charge in [-0.2, -0.15) is 0 Å². The van der Waals surface area contributed by atoms with Crippen LogP contribution in [0.25, 0.3) is 11.0 Å². The quantitative estimate of drug-likeness (QED) is 0.604. The van der Waals surface area contributed by atoms with Crippen molar-refractivity contribution >= 4 is 16.9 Å². The lowest BCUT2D eigenvalue weighted by Crippen LogP contribution is -2.33. The van der Waals surface area contributed by atoms with Gasteiger partial charge < -0.3 is 23.9 Å². The van der Waals surface area contributed by atoms with Crippen molar-refractivity contribution in [3.05, 3.63) is 33.2 Å². The Morgan fingerprint density at radius 2 is 2.04 bits per heavy atom. The highest BCUT2D eigenvalue weighted by atomic mass is 16.5. The van der Waals surface area contributed by atoms with Gasteiger partial charge in [0.15, 0.2) is 6.61 Å². The normalized spacial score (nSPS) is 15.0. The fourth-order valence-corrected chi connectivity index (χ4v) is 3.33. The molecule has 152 valence electrons. The SMILES string of the molecule is COCCNC(=O)COc1cc2c(c3oc(=O)c(C)c(C)c13)CCC(C)(C)O2. The van der Waals surface area contributed by atoms with E-state index in [9.17, 15) is 9.59 Å². The monoisotopic (exact) mass is 389 g/mol. The van der Waals surface area contributed by atoms with Gasteiger partial charge in [-0.1, -0.05) is 0 Å². The number of methoxy groups -OCH3 is 1. The molecule has 0 aliphatic carbocycles. The molecule has 0 bridgehead atoms. The van der Waals surface area contributed by atoms with Gasteiger partial charge in [-0.15, -0.1) is 0 Å². The van der Waals surface area contributed by atoms with E-state index in [4.69, 9.17) is 18.6 Å². The second kappa shape index (κ2) is 7.83. The van der Waals surface area contributed by atoms with Crippen LogP contribution in [0.15, 0.2) is 15.3 Å². The Morgan fingerprint density at radius 1 is 1.29 bits per heavy atom. The van der Waals surface area contributed by atoms with Gasteiger partial charge in [-0.05, 0) is 46.1 Å². The highest BCUT2D eigenvalue weighted by Crippen LogP contribution is 2.43. The molecule has 0 fully saturated rings. The summed E-state index contributed by atoms with van der Waals surface area (Å²) in [6.07, 6.45) is 1.55.